The van der Waals surface area contributed by atoms with Crippen molar-refractivity contribution < 1.29 is 13.2 Å². The SMILES string of the molecule is CCC1NC(C)N(CCCS(C)(=O)=O)C1=O. The number of carbonyl (C=O) groups is 1. The van der Waals surface area contributed by atoms with Gasteiger partial charge < -0.3 is 4.90 Å². The Labute approximate surface area is 97.1 Å². The van der Waals surface area contributed by atoms with Gasteiger partial charge in [-0.25, -0.2) is 8.42 Å². The van der Waals surface area contributed by atoms with E-state index in [9.17, 15) is 13.2 Å². The quantitative estimate of drug-likeness (QED) is 0.742. The number of carbonyl (C=O) groups excluding carboxylic acids is 1. The van der Waals surface area contributed by atoms with Crippen LogP contribution >= 0.6 is 0 Å². The molecule has 0 aromatic heterocycles. The van der Waals surface area contributed by atoms with Crippen LogP contribution in [0.15, 0.2) is 0 Å². The van der Waals surface area contributed by atoms with Crippen LogP contribution in [0.2, 0.25) is 0 Å². The lowest BCUT2D eigenvalue weighted by Gasteiger charge is -2.20. The van der Waals surface area contributed by atoms with Crippen molar-refractivity contribution in [3.05, 3.63) is 0 Å². The van der Waals surface area contributed by atoms with Gasteiger partial charge in [-0.15, -0.1) is 0 Å². The number of hydrogen-bond acceptors (Lipinski definition) is 4. The van der Waals surface area contributed by atoms with E-state index in [1.54, 1.807) is 4.90 Å². The van der Waals surface area contributed by atoms with E-state index < -0.39 is 9.84 Å². The Balaban J connectivity index is 2.46. The number of rotatable bonds is 5. The van der Waals surface area contributed by atoms with Crippen LogP contribution in [-0.4, -0.2) is 50.0 Å². The normalized spacial score (nSPS) is 26.4. The molecule has 0 aromatic rings. The predicted octanol–water partition coefficient (Wildman–Crippen LogP) is -0.0225. The second-order valence-corrected chi connectivity index (χ2v) is 6.58. The third kappa shape index (κ3) is 3.45. The maximum absolute atomic E-state index is 11.8. The highest BCUT2D eigenvalue weighted by Crippen LogP contribution is 2.13. The van der Waals surface area contributed by atoms with Crippen LogP contribution in [0.3, 0.4) is 0 Å². The molecule has 1 rings (SSSR count). The molecule has 1 aliphatic rings. The molecule has 0 saturated carbocycles. The molecule has 1 N–H and O–H groups in total. The summed E-state index contributed by atoms with van der Waals surface area (Å²) < 4.78 is 21.9. The van der Waals surface area contributed by atoms with Crippen molar-refractivity contribution in [2.24, 2.45) is 0 Å². The van der Waals surface area contributed by atoms with Gasteiger partial charge in [-0.3, -0.25) is 10.1 Å². The monoisotopic (exact) mass is 248 g/mol. The van der Waals surface area contributed by atoms with E-state index >= 15 is 0 Å². The standard InChI is InChI=1S/C10H20N2O3S/c1-4-9-10(13)12(8(2)11-9)6-5-7-16(3,14)15/h8-9,11H,4-7H2,1-3H3. The first kappa shape index (κ1) is 13.4. The highest BCUT2D eigenvalue weighted by Gasteiger charge is 2.34. The van der Waals surface area contributed by atoms with Crippen molar-refractivity contribution >= 4 is 15.7 Å². The lowest BCUT2D eigenvalue weighted by molar-refractivity contribution is -0.129. The van der Waals surface area contributed by atoms with Gasteiger partial charge in [0.15, 0.2) is 0 Å². The molecule has 0 aromatic carbocycles. The topological polar surface area (TPSA) is 66.5 Å². The van der Waals surface area contributed by atoms with Crippen molar-refractivity contribution in [1.29, 1.82) is 0 Å². The summed E-state index contributed by atoms with van der Waals surface area (Å²) in [5, 5.41) is 3.18. The fourth-order valence-electron chi connectivity index (χ4n) is 1.94. The number of amides is 1. The summed E-state index contributed by atoms with van der Waals surface area (Å²) in [7, 11) is -2.93. The van der Waals surface area contributed by atoms with Crippen molar-refractivity contribution in [3.8, 4) is 0 Å². The van der Waals surface area contributed by atoms with Gasteiger partial charge in [0.1, 0.15) is 9.84 Å². The maximum atomic E-state index is 11.8. The molecule has 94 valence electrons. The highest BCUT2D eigenvalue weighted by molar-refractivity contribution is 7.90. The first-order valence-electron chi connectivity index (χ1n) is 5.59. The molecule has 6 heteroatoms. The molecular weight excluding hydrogens is 228 g/mol. The Kier molecular flexibility index (Phi) is 4.32. The van der Waals surface area contributed by atoms with Gasteiger partial charge in [0.2, 0.25) is 5.91 Å². The van der Waals surface area contributed by atoms with Crippen molar-refractivity contribution in [2.45, 2.75) is 38.9 Å². The molecule has 16 heavy (non-hydrogen) atoms. The van der Waals surface area contributed by atoms with Crippen molar-refractivity contribution in [1.82, 2.24) is 10.2 Å². The first-order chi connectivity index (χ1) is 7.35. The van der Waals surface area contributed by atoms with Crippen LogP contribution in [0.5, 0.6) is 0 Å². The Morgan fingerprint density at radius 2 is 2.06 bits per heavy atom. The Hall–Kier alpha value is -0.620. The van der Waals surface area contributed by atoms with Crippen LogP contribution in [0.1, 0.15) is 26.7 Å². The molecule has 1 heterocycles. The predicted molar refractivity (Wildman–Crippen MR) is 62.7 cm³/mol. The van der Waals surface area contributed by atoms with Gasteiger partial charge in [-0.2, -0.15) is 0 Å². The number of sulfone groups is 1. The Morgan fingerprint density at radius 1 is 1.44 bits per heavy atom. The lowest BCUT2D eigenvalue weighted by Crippen LogP contribution is -2.36. The second-order valence-electron chi connectivity index (χ2n) is 4.32. The van der Waals surface area contributed by atoms with Gasteiger partial charge in [0, 0.05) is 12.8 Å². The summed E-state index contributed by atoms with van der Waals surface area (Å²) in [6.07, 6.45) is 2.51. The number of nitrogens with zero attached hydrogens (tertiary/aromatic N) is 1. The van der Waals surface area contributed by atoms with Gasteiger partial charge in [0.05, 0.1) is 18.0 Å². The largest absolute Gasteiger partial charge is 0.326 e. The maximum Gasteiger partial charge on any atom is 0.240 e. The van der Waals surface area contributed by atoms with Gasteiger partial charge >= 0.3 is 0 Å². The summed E-state index contributed by atoms with van der Waals surface area (Å²) in [6.45, 7) is 4.40. The van der Waals surface area contributed by atoms with Crippen molar-refractivity contribution in [3.63, 3.8) is 0 Å². The molecule has 1 saturated heterocycles. The fraction of sp³-hybridized carbons (Fsp3) is 0.900. The molecule has 1 amide bonds. The zero-order valence-electron chi connectivity index (χ0n) is 10.1. The van der Waals surface area contributed by atoms with Crippen molar-refractivity contribution in [2.75, 3.05) is 18.6 Å². The summed E-state index contributed by atoms with van der Waals surface area (Å²) in [6, 6.07) is -0.103. The van der Waals surface area contributed by atoms with Crippen LogP contribution in [0.25, 0.3) is 0 Å². The van der Waals surface area contributed by atoms with Gasteiger partial charge in [-0.05, 0) is 19.8 Å². The molecule has 5 nitrogen and oxygen atoms in total. The van der Waals surface area contributed by atoms with E-state index in [-0.39, 0.29) is 23.9 Å². The summed E-state index contributed by atoms with van der Waals surface area (Å²) >= 11 is 0. The summed E-state index contributed by atoms with van der Waals surface area (Å²) in [5.41, 5.74) is 0. The van der Waals surface area contributed by atoms with E-state index in [0.717, 1.165) is 6.42 Å². The third-order valence-corrected chi connectivity index (χ3v) is 3.84. The van der Waals surface area contributed by atoms with Gasteiger partial charge in [-0.1, -0.05) is 6.92 Å². The minimum atomic E-state index is -2.93. The first-order valence-corrected chi connectivity index (χ1v) is 7.65. The molecular formula is C10H20N2O3S. The molecule has 2 unspecified atom stereocenters. The Bertz CT molecular complexity index is 353. The minimum absolute atomic E-state index is 0.0111. The molecule has 0 spiro atoms. The lowest BCUT2D eigenvalue weighted by atomic mass is 10.2. The van der Waals surface area contributed by atoms with E-state index in [4.69, 9.17) is 0 Å². The minimum Gasteiger partial charge on any atom is -0.326 e. The zero-order valence-corrected chi connectivity index (χ0v) is 10.9. The number of hydrogen-bond donors (Lipinski definition) is 1. The summed E-state index contributed by atoms with van der Waals surface area (Å²) in [4.78, 5) is 13.5. The van der Waals surface area contributed by atoms with Gasteiger partial charge in [0.25, 0.3) is 0 Å². The molecule has 0 radical (unpaired) electrons. The smallest absolute Gasteiger partial charge is 0.240 e. The zero-order chi connectivity index (χ0) is 12.3. The van der Waals surface area contributed by atoms with E-state index in [1.807, 2.05) is 13.8 Å². The van der Waals surface area contributed by atoms with Crippen LogP contribution in [0.4, 0.5) is 0 Å². The molecule has 1 aliphatic heterocycles. The fourth-order valence-corrected chi connectivity index (χ4v) is 2.59. The van der Waals surface area contributed by atoms with Crippen LogP contribution in [0, 0.1) is 0 Å². The van der Waals surface area contributed by atoms with Crippen LogP contribution < -0.4 is 5.32 Å². The summed E-state index contributed by atoms with van der Waals surface area (Å²) in [5.74, 6) is 0.226. The highest BCUT2D eigenvalue weighted by atomic mass is 32.2. The second kappa shape index (κ2) is 5.14. The van der Waals surface area contributed by atoms with E-state index in [2.05, 4.69) is 5.32 Å². The molecule has 1 fully saturated rings. The van der Waals surface area contributed by atoms with Crippen LogP contribution in [-0.2, 0) is 14.6 Å². The average molecular weight is 248 g/mol. The molecule has 0 bridgehead atoms. The molecule has 0 aliphatic carbocycles. The van der Waals surface area contributed by atoms with E-state index in [0.29, 0.717) is 13.0 Å². The Morgan fingerprint density at radius 3 is 2.50 bits per heavy atom. The molecule has 2 atom stereocenters. The third-order valence-electron chi connectivity index (χ3n) is 2.81. The number of nitrogens with one attached hydrogen (secondary N) is 1. The van der Waals surface area contributed by atoms with E-state index in [1.165, 1.54) is 6.26 Å². The average Bonchev–Trinajstić information content (AvgIpc) is 2.42.